The summed E-state index contributed by atoms with van der Waals surface area (Å²) >= 11 is 0. The lowest BCUT2D eigenvalue weighted by Crippen LogP contribution is -2.13. The Balaban J connectivity index is 2.11. The van der Waals surface area contributed by atoms with Crippen LogP contribution in [0.15, 0.2) is 18.3 Å². The van der Waals surface area contributed by atoms with Gasteiger partial charge in [-0.05, 0) is 38.4 Å². The molecule has 2 aromatic heterocycles. The van der Waals surface area contributed by atoms with Gasteiger partial charge in [-0.25, -0.2) is 4.98 Å². The minimum Gasteiger partial charge on any atom is -0.435 e. The van der Waals surface area contributed by atoms with E-state index in [1.165, 1.54) is 5.56 Å². The molecule has 108 valence electrons. The molecule has 0 unspecified atom stereocenters. The summed E-state index contributed by atoms with van der Waals surface area (Å²) in [5, 5.41) is 7.71. The zero-order valence-electron chi connectivity index (χ0n) is 12.6. The Morgan fingerprint density at radius 3 is 2.80 bits per heavy atom. The third-order valence-corrected chi connectivity index (χ3v) is 3.20. The molecular formula is C15H22N4O. The Labute approximate surface area is 120 Å². The topological polar surface area (TPSA) is 52.0 Å². The van der Waals surface area contributed by atoms with Gasteiger partial charge in [-0.1, -0.05) is 6.92 Å². The van der Waals surface area contributed by atoms with E-state index in [1.54, 1.807) is 6.20 Å². The molecule has 20 heavy (non-hydrogen) atoms. The summed E-state index contributed by atoms with van der Waals surface area (Å²) in [6, 6.07) is 3.97. The second kappa shape index (κ2) is 6.52. The molecule has 0 aromatic carbocycles. The number of nitrogens with one attached hydrogen (secondary N) is 1. The average Bonchev–Trinajstić information content (AvgIpc) is 2.66. The van der Waals surface area contributed by atoms with Crippen LogP contribution in [0.4, 0.5) is 0 Å². The molecular weight excluding hydrogens is 252 g/mol. The van der Waals surface area contributed by atoms with Crippen molar-refractivity contribution in [2.24, 2.45) is 7.05 Å². The maximum atomic E-state index is 5.89. The van der Waals surface area contributed by atoms with E-state index in [0.717, 1.165) is 36.6 Å². The maximum Gasteiger partial charge on any atom is 0.219 e. The predicted molar refractivity (Wildman–Crippen MR) is 79.0 cm³/mol. The molecule has 2 aromatic rings. The van der Waals surface area contributed by atoms with Gasteiger partial charge in [0, 0.05) is 25.9 Å². The standard InChI is InChI=1S/C15H22N4O/c1-5-7-16-10-13-6-8-17-14(9-13)20-15-11(2)18-19(4)12(15)3/h6,8-9,16H,5,7,10H2,1-4H3. The van der Waals surface area contributed by atoms with E-state index in [9.17, 15) is 0 Å². The Morgan fingerprint density at radius 2 is 2.15 bits per heavy atom. The van der Waals surface area contributed by atoms with Crippen molar-refractivity contribution in [2.75, 3.05) is 6.54 Å². The minimum atomic E-state index is 0.611. The van der Waals surface area contributed by atoms with Gasteiger partial charge in [0.2, 0.25) is 5.88 Å². The van der Waals surface area contributed by atoms with Gasteiger partial charge in [0.05, 0.1) is 5.69 Å². The molecule has 0 spiro atoms. The van der Waals surface area contributed by atoms with Gasteiger partial charge in [-0.3, -0.25) is 4.68 Å². The molecule has 0 aliphatic rings. The van der Waals surface area contributed by atoms with Crippen LogP contribution in [0.25, 0.3) is 0 Å². The molecule has 0 bridgehead atoms. The number of ether oxygens (including phenoxy) is 1. The molecule has 0 atom stereocenters. The van der Waals surface area contributed by atoms with Crippen molar-refractivity contribution in [3.63, 3.8) is 0 Å². The van der Waals surface area contributed by atoms with E-state index in [2.05, 4.69) is 22.3 Å². The molecule has 5 nitrogen and oxygen atoms in total. The number of pyridine rings is 1. The van der Waals surface area contributed by atoms with Crippen molar-refractivity contribution in [1.29, 1.82) is 0 Å². The van der Waals surface area contributed by atoms with Crippen LogP contribution in [0, 0.1) is 13.8 Å². The monoisotopic (exact) mass is 274 g/mol. The Morgan fingerprint density at radius 1 is 1.35 bits per heavy atom. The number of hydrogen-bond donors (Lipinski definition) is 1. The van der Waals surface area contributed by atoms with Gasteiger partial charge < -0.3 is 10.1 Å². The van der Waals surface area contributed by atoms with Gasteiger partial charge in [-0.15, -0.1) is 0 Å². The minimum absolute atomic E-state index is 0.611. The van der Waals surface area contributed by atoms with Crippen molar-refractivity contribution in [1.82, 2.24) is 20.1 Å². The molecule has 2 heterocycles. The molecule has 0 fully saturated rings. The summed E-state index contributed by atoms with van der Waals surface area (Å²) in [7, 11) is 1.91. The van der Waals surface area contributed by atoms with Gasteiger partial charge >= 0.3 is 0 Å². The SMILES string of the molecule is CCCNCc1ccnc(Oc2c(C)nn(C)c2C)c1. The van der Waals surface area contributed by atoms with Crippen LogP contribution in [0.3, 0.4) is 0 Å². The highest BCUT2D eigenvalue weighted by molar-refractivity contribution is 5.35. The summed E-state index contributed by atoms with van der Waals surface area (Å²) in [5.41, 5.74) is 3.04. The zero-order valence-corrected chi connectivity index (χ0v) is 12.6. The van der Waals surface area contributed by atoms with Gasteiger partial charge in [0.25, 0.3) is 0 Å². The van der Waals surface area contributed by atoms with Crippen LogP contribution >= 0.6 is 0 Å². The van der Waals surface area contributed by atoms with Crippen LogP contribution < -0.4 is 10.1 Å². The molecule has 0 saturated heterocycles. The summed E-state index contributed by atoms with van der Waals surface area (Å²) in [6.07, 6.45) is 2.90. The number of rotatable bonds is 6. The van der Waals surface area contributed by atoms with Crippen LogP contribution in [-0.2, 0) is 13.6 Å². The van der Waals surface area contributed by atoms with Crippen LogP contribution in [0.5, 0.6) is 11.6 Å². The summed E-state index contributed by atoms with van der Waals surface area (Å²) in [6.45, 7) is 7.93. The fourth-order valence-electron chi connectivity index (χ4n) is 2.03. The van der Waals surface area contributed by atoms with E-state index in [0.29, 0.717) is 5.88 Å². The smallest absolute Gasteiger partial charge is 0.219 e. The molecule has 0 aliphatic carbocycles. The highest BCUT2D eigenvalue weighted by Crippen LogP contribution is 2.26. The largest absolute Gasteiger partial charge is 0.435 e. The molecule has 0 aliphatic heterocycles. The van der Waals surface area contributed by atoms with Crippen molar-refractivity contribution in [2.45, 2.75) is 33.7 Å². The normalized spacial score (nSPS) is 10.8. The first kappa shape index (κ1) is 14.5. The quantitative estimate of drug-likeness (QED) is 0.823. The Kier molecular flexibility index (Phi) is 4.74. The second-order valence-corrected chi connectivity index (χ2v) is 4.90. The lowest BCUT2D eigenvalue weighted by Gasteiger charge is -2.07. The Hall–Kier alpha value is -1.88. The first-order valence-corrected chi connectivity index (χ1v) is 6.95. The summed E-state index contributed by atoms with van der Waals surface area (Å²) < 4.78 is 7.70. The third-order valence-electron chi connectivity index (χ3n) is 3.20. The van der Waals surface area contributed by atoms with Gasteiger partial charge in [0.1, 0.15) is 5.69 Å². The number of aromatic nitrogens is 3. The molecule has 5 heteroatoms. The third kappa shape index (κ3) is 3.36. The number of aryl methyl sites for hydroxylation is 2. The highest BCUT2D eigenvalue weighted by Gasteiger charge is 2.12. The summed E-state index contributed by atoms with van der Waals surface area (Å²) in [5.74, 6) is 1.40. The van der Waals surface area contributed by atoms with E-state index < -0.39 is 0 Å². The fraction of sp³-hybridized carbons (Fsp3) is 0.467. The average molecular weight is 274 g/mol. The summed E-state index contributed by atoms with van der Waals surface area (Å²) in [4.78, 5) is 4.27. The zero-order chi connectivity index (χ0) is 14.5. The molecule has 0 radical (unpaired) electrons. The van der Waals surface area contributed by atoms with Crippen molar-refractivity contribution >= 4 is 0 Å². The van der Waals surface area contributed by atoms with E-state index in [4.69, 9.17) is 4.74 Å². The van der Waals surface area contributed by atoms with Crippen molar-refractivity contribution in [3.8, 4) is 11.6 Å². The Bertz CT molecular complexity index is 577. The number of hydrogen-bond acceptors (Lipinski definition) is 4. The van der Waals surface area contributed by atoms with E-state index in [-0.39, 0.29) is 0 Å². The second-order valence-electron chi connectivity index (χ2n) is 4.90. The first-order chi connectivity index (χ1) is 9.61. The van der Waals surface area contributed by atoms with Crippen molar-refractivity contribution in [3.05, 3.63) is 35.3 Å². The molecule has 0 saturated carbocycles. The van der Waals surface area contributed by atoms with Crippen LogP contribution in [0.1, 0.15) is 30.3 Å². The van der Waals surface area contributed by atoms with Crippen LogP contribution in [-0.4, -0.2) is 21.3 Å². The molecule has 0 amide bonds. The lowest BCUT2D eigenvalue weighted by molar-refractivity contribution is 0.454. The highest BCUT2D eigenvalue weighted by atomic mass is 16.5. The predicted octanol–water partition coefficient (Wildman–Crippen LogP) is 2.72. The van der Waals surface area contributed by atoms with E-state index >= 15 is 0 Å². The number of nitrogens with zero attached hydrogens (tertiary/aromatic N) is 3. The van der Waals surface area contributed by atoms with Crippen LogP contribution in [0.2, 0.25) is 0 Å². The van der Waals surface area contributed by atoms with E-state index in [1.807, 2.05) is 37.7 Å². The van der Waals surface area contributed by atoms with Gasteiger partial charge in [-0.2, -0.15) is 5.10 Å². The first-order valence-electron chi connectivity index (χ1n) is 6.95. The lowest BCUT2D eigenvalue weighted by atomic mass is 10.2. The van der Waals surface area contributed by atoms with Crippen molar-refractivity contribution < 1.29 is 4.74 Å². The molecule has 1 N–H and O–H groups in total. The fourth-order valence-corrected chi connectivity index (χ4v) is 2.03. The molecule has 2 rings (SSSR count). The van der Waals surface area contributed by atoms with Gasteiger partial charge in [0.15, 0.2) is 5.75 Å². The maximum absolute atomic E-state index is 5.89.